The lowest BCUT2D eigenvalue weighted by molar-refractivity contribution is 0.0763. The van der Waals surface area contributed by atoms with Gasteiger partial charge in [-0.3, -0.25) is 4.79 Å². The Bertz CT molecular complexity index is 649. The van der Waals surface area contributed by atoms with Gasteiger partial charge < -0.3 is 10.0 Å². The van der Waals surface area contributed by atoms with Crippen molar-refractivity contribution in [2.75, 3.05) is 13.1 Å². The third kappa shape index (κ3) is 1.98. The van der Waals surface area contributed by atoms with Crippen LogP contribution in [0.3, 0.4) is 0 Å². The first-order chi connectivity index (χ1) is 9.06. The van der Waals surface area contributed by atoms with E-state index in [1.54, 1.807) is 15.6 Å². The van der Waals surface area contributed by atoms with Crippen molar-refractivity contribution in [3.05, 3.63) is 29.2 Å². The molecule has 1 saturated heterocycles. The number of aryl methyl sites for hydroxylation is 2. The second kappa shape index (κ2) is 4.31. The van der Waals surface area contributed by atoms with Gasteiger partial charge in [-0.1, -0.05) is 0 Å². The lowest BCUT2D eigenvalue weighted by Gasteiger charge is -2.16. The number of aliphatic hydroxyl groups excluding tert-OH is 1. The maximum Gasteiger partial charge on any atom is 0.257 e. The minimum absolute atomic E-state index is 0.0865. The number of likely N-dealkylation sites (tertiary alicyclic amines) is 1. The summed E-state index contributed by atoms with van der Waals surface area (Å²) in [4.78, 5) is 18.3. The van der Waals surface area contributed by atoms with Crippen LogP contribution in [0.2, 0.25) is 0 Å². The van der Waals surface area contributed by atoms with Crippen LogP contribution in [-0.4, -0.2) is 49.7 Å². The van der Waals surface area contributed by atoms with E-state index in [0.717, 1.165) is 17.0 Å². The SMILES string of the molecule is Cc1cc2ncc(C(=O)N3CC[C@@H](O)C3)c(C)n2n1. The normalized spacial score (nSPS) is 19.3. The molecule has 0 unspecified atom stereocenters. The fraction of sp³-hybridized carbons (Fsp3) is 0.462. The second-order valence-electron chi connectivity index (χ2n) is 5.01. The van der Waals surface area contributed by atoms with Crippen LogP contribution in [0, 0.1) is 13.8 Å². The van der Waals surface area contributed by atoms with Gasteiger partial charge in [0, 0.05) is 25.4 Å². The summed E-state index contributed by atoms with van der Waals surface area (Å²) in [6.45, 7) is 4.75. The van der Waals surface area contributed by atoms with Gasteiger partial charge in [-0.25, -0.2) is 9.50 Å². The molecule has 3 rings (SSSR count). The zero-order chi connectivity index (χ0) is 13.6. The molecule has 1 atom stereocenters. The van der Waals surface area contributed by atoms with Crippen LogP contribution >= 0.6 is 0 Å². The van der Waals surface area contributed by atoms with E-state index >= 15 is 0 Å². The highest BCUT2D eigenvalue weighted by atomic mass is 16.3. The number of hydrogen-bond donors (Lipinski definition) is 1. The summed E-state index contributed by atoms with van der Waals surface area (Å²) < 4.78 is 1.69. The zero-order valence-electron chi connectivity index (χ0n) is 11.0. The number of amides is 1. The molecule has 0 aromatic carbocycles. The average Bonchev–Trinajstić information content (AvgIpc) is 2.95. The Morgan fingerprint density at radius 2 is 2.26 bits per heavy atom. The van der Waals surface area contributed by atoms with Crippen LogP contribution in [0.4, 0.5) is 0 Å². The second-order valence-corrected chi connectivity index (χ2v) is 5.01. The minimum Gasteiger partial charge on any atom is -0.391 e. The van der Waals surface area contributed by atoms with Crippen molar-refractivity contribution >= 4 is 11.6 Å². The molecule has 100 valence electrons. The fourth-order valence-electron chi connectivity index (χ4n) is 2.47. The lowest BCUT2D eigenvalue weighted by Crippen LogP contribution is -2.30. The molecule has 2 aromatic heterocycles. The van der Waals surface area contributed by atoms with E-state index in [4.69, 9.17) is 0 Å². The number of β-amino-alcohol motifs (C(OH)–C–C–N with tert-alkyl or cyclic N) is 1. The molecule has 1 aliphatic rings. The van der Waals surface area contributed by atoms with Crippen molar-refractivity contribution in [1.29, 1.82) is 0 Å². The number of hydrogen-bond acceptors (Lipinski definition) is 4. The summed E-state index contributed by atoms with van der Waals surface area (Å²) in [6.07, 6.45) is 1.83. The molecule has 0 aliphatic carbocycles. The minimum atomic E-state index is -0.409. The molecule has 6 heteroatoms. The smallest absolute Gasteiger partial charge is 0.257 e. The van der Waals surface area contributed by atoms with Crippen LogP contribution in [-0.2, 0) is 0 Å². The highest BCUT2D eigenvalue weighted by Gasteiger charge is 2.27. The average molecular weight is 260 g/mol. The fourth-order valence-corrected chi connectivity index (χ4v) is 2.47. The first-order valence-electron chi connectivity index (χ1n) is 6.35. The van der Waals surface area contributed by atoms with Crippen molar-refractivity contribution in [2.45, 2.75) is 26.4 Å². The van der Waals surface area contributed by atoms with E-state index in [1.807, 2.05) is 19.9 Å². The Hall–Kier alpha value is -1.95. The number of fused-ring (bicyclic) bond motifs is 1. The number of aliphatic hydroxyl groups is 1. The predicted molar refractivity (Wildman–Crippen MR) is 69.0 cm³/mol. The molecule has 1 N–H and O–H groups in total. The molecule has 2 aromatic rings. The largest absolute Gasteiger partial charge is 0.391 e. The Balaban J connectivity index is 2.00. The molecule has 3 heterocycles. The maximum atomic E-state index is 12.4. The van der Waals surface area contributed by atoms with E-state index in [0.29, 0.717) is 25.1 Å². The van der Waals surface area contributed by atoms with Gasteiger partial charge >= 0.3 is 0 Å². The molecule has 6 nitrogen and oxygen atoms in total. The molecular weight excluding hydrogens is 244 g/mol. The Labute approximate surface area is 110 Å². The molecule has 1 amide bonds. The Kier molecular flexibility index (Phi) is 2.74. The van der Waals surface area contributed by atoms with Gasteiger partial charge in [-0.15, -0.1) is 0 Å². The standard InChI is InChI=1S/C13H16N4O2/c1-8-5-12-14-6-11(9(2)17(12)15-8)13(19)16-4-3-10(18)7-16/h5-6,10,18H,3-4,7H2,1-2H3/t10-/m1/s1. The number of carbonyl (C=O) groups is 1. The van der Waals surface area contributed by atoms with Gasteiger partial charge in [0.05, 0.1) is 23.1 Å². The number of nitrogens with zero attached hydrogens (tertiary/aromatic N) is 4. The van der Waals surface area contributed by atoms with Crippen molar-refractivity contribution in [3.8, 4) is 0 Å². The molecule has 0 bridgehead atoms. The van der Waals surface area contributed by atoms with Crippen LogP contribution in [0.5, 0.6) is 0 Å². The van der Waals surface area contributed by atoms with Gasteiger partial charge in [0.15, 0.2) is 5.65 Å². The highest BCUT2D eigenvalue weighted by molar-refractivity contribution is 5.95. The van der Waals surface area contributed by atoms with Crippen molar-refractivity contribution in [3.63, 3.8) is 0 Å². The van der Waals surface area contributed by atoms with E-state index in [-0.39, 0.29) is 5.91 Å². The van der Waals surface area contributed by atoms with Crippen molar-refractivity contribution in [1.82, 2.24) is 19.5 Å². The molecule has 1 aliphatic heterocycles. The number of aromatic nitrogens is 3. The van der Waals surface area contributed by atoms with E-state index < -0.39 is 6.10 Å². The first-order valence-corrected chi connectivity index (χ1v) is 6.35. The van der Waals surface area contributed by atoms with Gasteiger partial charge in [-0.2, -0.15) is 5.10 Å². The summed E-state index contributed by atoms with van der Waals surface area (Å²) >= 11 is 0. The molecular formula is C13H16N4O2. The highest BCUT2D eigenvalue weighted by Crippen LogP contribution is 2.17. The van der Waals surface area contributed by atoms with Crippen LogP contribution in [0.15, 0.2) is 12.3 Å². The predicted octanol–water partition coefficient (Wildman–Crippen LogP) is 0.553. The van der Waals surface area contributed by atoms with E-state index in [2.05, 4.69) is 10.1 Å². The summed E-state index contributed by atoms with van der Waals surface area (Å²) in [7, 11) is 0. The Morgan fingerprint density at radius 3 is 2.95 bits per heavy atom. The van der Waals surface area contributed by atoms with Gasteiger partial charge in [0.25, 0.3) is 5.91 Å². The number of rotatable bonds is 1. The molecule has 0 saturated carbocycles. The molecule has 0 radical (unpaired) electrons. The summed E-state index contributed by atoms with van der Waals surface area (Å²) in [5, 5.41) is 13.8. The van der Waals surface area contributed by atoms with E-state index in [1.165, 1.54) is 0 Å². The Morgan fingerprint density at radius 1 is 1.47 bits per heavy atom. The van der Waals surface area contributed by atoms with Gasteiger partial charge in [0.2, 0.25) is 0 Å². The van der Waals surface area contributed by atoms with Gasteiger partial charge in [0.1, 0.15) is 0 Å². The maximum absolute atomic E-state index is 12.4. The third-order valence-electron chi connectivity index (χ3n) is 3.53. The van der Waals surface area contributed by atoms with Crippen LogP contribution < -0.4 is 0 Å². The summed E-state index contributed by atoms with van der Waals surface area (Å²) in [6, 6.07) is 1.88. The monoisotopic (exact) mass is 260 g/mol. The molecule has 0 spiro atoms. The summed E-state index contributed by atoms with van der Waals surface area (Å²) in [5.41, 5.74) is 2.94. The van der Waals surface area contributed by atoms with Crippen molar-refractivity contribution < 1.29 is 9.90 Å². The lowest BCUT2D eigenvalue weighted by atomic mass is 10.2. The zero-order valence-corrected chi connectivity index (χ0v) is 11.0. The van der Waals surface area contributed by atoms with Crippen molar-refractivity contribution in [2.24, 2.45) is 0 Å². The first kappa shape index (κ1) is 12.1. The van der Waals surface area contributed by atoms with Crippen LogP contribution in [0.1, 0.15) is 28.2 Å². The van der Waals surface area contributed by atoms with Gasteiger partial charge in [-0.05, 0) is 20.3 Å². The summed E-state index contributed by atoms with van der Waals surface area (Å²) in [5.74, 6) is -0.0865. The topological polar surface area (TPSA) is 70.7 Å². The molecule has 1 fully saturated rings. The van der Waals surface area contributed by atoms with E-state index in [9.17, 15) is 9.90 Å². The third-order valence-corrected chi connectivity index (χ3v) is 3.53. The number of carbonyl (C=O) groups excluding carboxylic acids is 1. The quantitative estimate of drug-likeness (QED) is 0.813. The van der Waals surface area contributed by atoms with Crippen LogP contribution in [0.25, 0.3) is 5.65 Å². The molecule has 19 heavy (non-hydrogen) atoms.